The monoisotopic (exact) mass is 319 g/mol. The Bertz CT molecular complexity index is 936. The van der Waals surface area contributed by atoms with Crippen molar-refractivity contribution in [2.24, 2.45) is 0 Å². The molecule has 0 aliphatic carbocycles. The summed E-state index contributed by atoms with van der Waals surface area (Å²) < 4.78 is 28.7. The van der Waals surface area contributed by atoms with Crippen molar-refractivity contribution in [2.45, 2.75) is 4.90 Å². The molecule has 3 aromatic rings. The van der Waals surface area contributed by atoms with E-state index in [9.17, 15) is 8.42 Å². The highest BCUT2D eigenvalue weighted by atomic mass is 32.2. The zero-order valence-corrected chi connectivity index (χ0v) is 12.7. The average molecular weight is 319 g/mol. The van der Waals surface area contributed by atoms with Gasteiger partial charge >= 0.3 is 0 Å². The van der Waals surface area contributed by atoms with Crippen molar-refractivity contribution in [2.75, 3.05) is 18.7 Å². The molecule has 0 atom stereocenters. The molecular weight excluding hydrogens is 306 g/mol. The predicted octanol–water partition coefficient (Wildman–Crippen LogP) is 1.51. The van der Waals surface area contributed by atoms with E-state index in [0.717, 1.165) is 6.26 Å². The summed E-state index contributed by atoms with van der Waals surface area (Å²) in [6.07, 6.45) is 4.13. The SMILES string of the molecule is COc1cc(Nc2ncnc3[nH]ncc23)cc(S(C)(=O)=O)c1. The summed E-state index contributed by atoms with van der Waals surface area (Å²) in [6, 6.07) is 4.67. The normalized spacial score (nSPS) is 11.5. The number of fused-ring (bicyclic) bond motifs is 1. The van der Waals surface area contributed by atoms with Gasteiger partial charge in [-0.05, 0) is 12.1 Å². The van der Waals surface area contributed by atoms with E-state index >= 15 is 0 Å². The highest BCUT2D eigenvalue weighted by Crippen LogP contribution is 2.27. The Hall–Kier alpha value is -2.68. The van der Waals surface area contributed by atoms with Crippen LogP contribution in [0.3, 0.4) is 0 Å². The summed E-state index contributed by atoms with van der Waals surface area (Å²) in [4.78, 5) is 8.35. The van der Waals surface area contributed by atoms with Crippen LogP contribution in [-0.4, -0.2) is 41.9 Å². The Morgan fingerprint density at radius 2 is 2.05 bits per heavy atom. The lowest BCUT2D eigenvalue weighted by Gasteiger charge is -2.10. The second-order valence-electron chi connectivity index (χ2n) is 4.65. The number of nitrogens with zero attached hydrogens (tertiary/aromatic N) is 3. The number of H-pyrrole nitrogens is 1. The molecule has 3 rings (SSSR count). The Balaban J connectivity index is 2.07. The Morgan fingerprint density at radius 3 is 2.77 bits per heavy atom. The van der Waals surface area contributed by atoms with Gasteiger partial charge in [0.2, 0.25) is 0 Å². The van der Waals surface area contributed by atoms with Crippen LogP contribution in [0.15, 0.2) is 35.6 Å². The largest absolute Gasteiger partial charge is 0.497 e. The van der Waals surface area contributed by atoms with Crippen LogP contribution < -0.4 is 10.1 Å². The first-order valence-electron chi connectivity index (χ1n) is 6.27. The second kappa shape index (κ2) is 5.26. The molecule has 2 aromatic heterocycles. The van der Waals surface area contributed by atoms with Crippen molar-refractivity contribution in [1.29, 1.82) is 0 Å². The molecule has 2 N–H and O–H groups in total. The molecule has 0 aliphatic heterocycles. The molecule has 22 heavy (non-hydrogen) atoms. The number of benzene rings is 1. The molecule has 0 unspecified atom stereocenters. The maximum absolute atomic E-state index is 11.8. The fourth-order valence-electron chi connectivity index (χ4n) is 1.98. The van der Waals surface area contributed by atoms with Gasteiger partial charge in [0.15, 0.2) is 15.5 Å². The number of hydrogen-bond donors (Lipinski definition) is 2. The van der Waals surface area contributed by atoms with E-state index in [1.807, 2.05) is 0 Å². The van der Waals surface area contributed by atoms with Gasteiger partial charge in [-0.1, -0.05) is 0 Å². The second-order valence-corrected chi connectivity index (χ2v) is 6.66. The first-order valence-corrected chi connectivity index (χ1v) is 8.17. The number of sulfone groups is 1. The topological polar surface area (TPSA) is 110 Å². The minimum absolute atomic E-state index is 0.159. The summed E-state index contributed by atoms with van der Waals surface area (Å²) in [6.45, 7) is 0. The van der Waals surface area contributed by atoms with Crippen LogP contribution in [-0.2, 0) is 9.84 Å². The lowest BCUT2D eigenvalue weighted by atomic mass is 10.3. The number of nitrogens with one attached hydrogen (secondary N) is 2. The number of anilines is 2. The molecule has 0 bridgehead atoms. The molecule has 0 aliphatic rings. The van der Waals surface area contributed by atoms with E-state index in [1.54, 1.807) is 12.3 Å². The van der Waals surface area contributed by atoms with E-state index in [2.05, 4.69) is 25.5 Å². The molecule has 114 valence electrons. The van der Waals surface area contributed by atoms with Crippen molar-refractivity contribution in [3.8, 4) is 5.75 Å². The number of aromatic amines is 1. The van der Waals surface area contributed by atoms with Gasteiger partial charge in [0.25, 0.3) is 0 Å². The van der Waals surface area contributed by atoms with Crippen LogP contribution in [0.2, 0.25) is 0 Å². The van der Waals surface area contributed by atoms with Crippen molar-refractivity contribution in [1.82, 2.24) is 20.2 Å². The Kier molecular flexibility index (Phi) is 3.41. The van der Waals surface area contributed by atoms with Crippen molar-refractivity contribution < 1.29 is 13.2 Å². The van der Waals surface area contributed by atoms with Crippen molar-refractivity contribution >= 4 is 32.4 Å². The molecule has 0 amide bonds. The van der Waals surface area contributed by atoms with E-state index < -0.39 is 9.84 Å². The Labute approximate surface area is 126 Å². The molecule has 0 spiro atoms. The van der Waals surface area contributed by atoms with Crippen LogP contribution in [0.1, 0.15) is 0 Å². The molecular formula is C13H13N5O3S. The molecule has 8 nitrogen and oxygen atoms in total. The zero-order valence-electron chi connectivity index (χ0n) is 11.9. The molecule has 9 heteroatoms. The van der Waals surface area contributed by atoms with Gasteiger partial charge in [-0.3, -0.25) is 5.10 Å². The highest BCUT2D eigenvalue weighted by Gasteiger charge is 2.12. The van der Waals surface area contributed by atoms with Crippen LogP contribution in [0, 0.1) is 0 Å². The van der Waals surface area contributed by atoms with Gasteiger partial charge < -0.3 is 10.1 Å². The van der Waals surface area contributed by atoms with E-state index in [-0.39, 0.29) is 4.90 Å². The van der Waals surface area contributed by atoms with Crippen LogP contribution >= 0.6 is 0 Å². The maximum atomic E-state index is 11.8. The molecule has 0 fully saturated rings. The summed E-state index contributed by atoms with van der Waals surface area (Å²) in [5.74, 6) is 0.953. The maximum Gasteiger partial charge on any atom is 0.175 e. The molecule has 0 radical (unpaired) electrons. The summed E-state index contributed by atoms with van der Waals surface area (Å²) in [5.41, 5.74) is 1.13. The van der Waals surface area contributed by atoms with Crippen LogP contribution in [0.5, 0.6) is 5.75 Å². The number of methoxy groups -OCH3 is 1. The van der Waals surface area contributed by atoms with Crippen molar-refractivity contribution in [3.63, 3.8) is 0 Å². The Morgan fingerprint density at radius 1 is 1.23 bits per heavy atom. The zero-order chi connectivity index (χ0) is 15.7. The minimum Gasteiger partial charge on any atom is -0.497 e. The van der Waals surface area contributed by atoms with Gasteiger partial charge in [0, 0.05) is 18.0 Å². The quantitative estimate of drug-likeness (QED) is 0.750. The first-order chi connectivity index (χ1) is 10.5. The summed E-state index contributed by atoms with van der Waals surface area (Å²) >= 11 is 0. The lowest BCUT2D eigenvalue weighted by molar-refractivity contribution is 0.413. The third kappa shape index (κ3) is 2.70. The van der Waals surface area contributed by atoms with Gasteiger partial charge in [-0.25, -0.2) is 18.4 Å². The number of ether oxygens (including phenoxy) is 1. The standard InChI is InChI=1S/C13H13N5O3S/c1-21-9-3-8(4-10(5-9)22(2,19)20)17-12-11-6-16-18-13(11)15-7-14-12/h3-7H,1-2H3,(H2,14,15,16,17,18). The van der Waals surface area contributed by atoms with E-state index in [1.165, 1.54) is 25.6 Å². The number of aromatic nitrogens is 4. The lowest BCUT2D eigenvalue weighted by Crippen LogP contribution is -2.01. The first kappa shape index (κ1) is 14.3. The van der Waals surface area contributed by atoms with Crippen molar-refractivity contribution in [3.05, 3.63) is 30.7 Å². The van der Waals surface area contributed by atoms with E-state index in [4.69, 9.17) is 4.74 Å². The van der Waals surface area contributed by atoms with Gasteiger partial charge in [0.05, 0.1) is 23.6 Å². The molecule has 1 aromatic carbocycles. The predicted molar refractivity (Wildman–Crippen MR) is 81.1 cm³/mol. The average Bonchev–Trinajstić information content (AvgIpc) is 2.95. The molecule has 2 heterocycles. The fraction of sp³-hybridized carbons (Fsp3) is 0.154. The van der Waals surface area contributed by atoms with E-state index in [0.29, 0.717) is 28.3 Å². The van der Waals surface area contributed by atoms with Gasteiger partial charge in [-0.2, -0.15) is 5.10 Å². The molecule has 0 saturated heterocycles. The van der Waals surface area contributed by atoms with Gasteiger partial charge in [0.1, 0.15) is 17.9 Å². The minimum atomic E-state index is -3.35. The number of hydrogen-bond acceptors (Lipinski definition) is 7. The summed E-state index contributed by atoms with van der Waals surface area (Å²) in [5, 5.41) is 10.4. The van der Waals surface area contributed by atoms with Gasteiger partial charge in [-0.15, -0.1) is 0 Å². The smallest absolute Gasteiger partial charge is 0.175 e. The summed E-state index contributed by atoms with van der Waals surface area (Å²) in [7, 11) is -1.88. The van der Waals surface area contributed by atoms with Crippen LogP contribution in [0.25, 0.3) is 11.0 Å². The fourth-order valence-corrected chi connectivity index (χ4v) is 2.65. The third-order valence-corrected chi connectivity index (χ3v) is 4.15. The van der Waals surface area contributed by atoms with Crippen LogP contribution in [0.4, 0.5) is 11.5 Å². The highest BCUT2D eigenvalue weighted by molar-refractivity contribution is 7.90. The molecule has 0 saturated carbocycles. The number of rotatable bonds is 4. The third-order valence-electron chi connectivity index (χ3n) is 3.05.